The van der Waals surface area contributed by atoms with E-state index >= 15 is 0 Å². The van der Waals surface area contributed by atoms with E-state index in [1.807, 2.05) is 6.20 Å². The van der Waals surface area contributed by atoms with Crippen molar-refractivity contribution < 1.29 is 8.42 Å². The number of aromatic nitrogens is 1. The molecule has 0 spiro atoms. The van der Waals surface area contributed by atoms with E-state index < -0.39 is 10.0 Å². The van der Waals surface area contributed by atoms with Crippen LogP contribution in [0, 0.1) is 5.92 Å². The van der Waals surface area contributed by atoms with E-state index in [0.29, 0.717) is 19.0 Å². The van der Waals surface area contributed by atoms with Gasteiger partial charge in [0.05, 0.1) is 17.8 Å². The zero-order valence-electron chi connectivity index (χ0n) is 10.9. The number of piperidine rings is 1. The lowest BCUT2D eigenvalue weighted by atomic mass is 9.92. The molecule has 0 bridgehead atoms. The van der Waals surface area contributed by atoms with E-state index in [9.17, 15) is 8.42 Å². The Hall–Kier alpha value is -0.540. The first-order chi connectivity index (χ1) is 9.00. The first kappa shape index (κ1) is 14.9. The third-order valence-corrected chi connectivity index (χ3v) is 5.67. The average molecular weight is 304 g/mol. The maximum atomic E-state index is 11.6. The van der Waals surface area contributed by atoms with Crippen LogP contribution in [0.2, 0.25) is 0 Å². The van der Waals surface area contributed by atoms with Gasteiger partial charge in [0.25, 0.3) is 0 Å². The van der Waals surface area contributed by atoms with Crippen LogP contribution in [-0.2, 0) is 10.0 Å². The fourth-order valence-corrected chi connectivity index (χ4v) is 4.15. The Morgan fingerprint density at radius 1 is 1.68 bits per heavy atom. The molecule has 0 aliphatic carbocycles. The van der Waals surface area contributed by atoms with Gasteiger partial charge >= 0.3 is 0 Å². The third kappa shape index (κ3) is 3.96. The number of nitrogens with one attached hydrogen (secondary N) is 1. The molecule has 19 heavy (non-hydrogen) atoms. The number of hydrogen-bond donors (Lipinski definition) is 2. The molecule has 1 aliphatic rings. The van der Waals surface area contributed by atoms with Gasteiger partial charge in [0.1, 0.15) is 0 Å². The summed E-state index contributed by atoms with van der Waals surface area (Å²) in [4.78, 5) is 5.15. The minimum absolute atomic E-state index is 0.0528. The lowest BCUT2D eigenvalue weighted by Crippen LogP contribution is -2.40. The summed E-state index contributed by atoms with van der Waals surface area (Å²) in [5, 5.41) is 0. The molecule has 1 aromatic heterocycles. The van der Waals surface area contributed by atoms with Gasteiger partial charge in [0.15, 0.2) is 0 Å². The van der Waals surface area contributed by atoms with Crippen LogP contribution < -0.4 is 11.3 Å². The van der Waals surface area contributed by atoms with E-state index in [4.69, 9.17) is 5.84 Å². The second kappa shape index (κ2) is 6.27. The van der Waals surface area contributed by atoms with Crippen LogP contribution in [0.5, 0.6) is 0 Å². The molecule has 108 valence electrons. The molecule has 2 atom stereocenters. The Labute approximate surface area is 118 Å². The number of nitrogens with two attached hydrogens (primary N) is 1. The van der Waals surface area contributed by atoms with Crippen LogP contribution >= 0.6 is 11.3 Å². The molecule has 6 nitrogen and oxygen atoms in total. The van der Waals surface area contributed by atoms with E-state index in [1.54, 1.807) is 21.2 Å². The number of hydrogen-bond acceptors (Lipinski definition) is 6. The standard InChI is InChI=1S/C11H20N4O2S2/c1-19(16,17)15-4-2-3-9(7-15)5-10(14-12)11-6-13-8-18-11/h6,8-10,14H,2-5,7,12H2,1H3. The molecule has 1 aromatic rings. The van der Waals surface area contributed by atoms with Crippen LogP contribution in [0.1, 0.15) is 30.2 Å². The molecule has 2 unspecified atom stereocenters. The van der Waals surface area contributed by atoms with Gasteiger partial charge in [-0.1, -0.05) is 0 Å². The summed E-state index contributed by atoms with van der Waals surface area (Å²) in [7, 11) is -3.08. The third-order valence-electron chi connectivity index (χ3n) is 3.52. The van der Waals surface area contributed by atoms with Gasteiger partial charge in [-0.2, -0.15) is 0 Å². The van der Waals surface area contributed by atoms with Gasteiger partial charge in [-0.25, -0.2) is 12.7 Å². The number of rotatable bonds is 5. The molecular weight excluding hydrogens is 284 g/mol. The fraction of sp³-hybridized carbons (Fsp3) is 0.727. The van der Waals surface area contributed by atoms with E-state index in [1.165, 1.54) is 6.26 Å². The van der Waals surface area contributed by atoms with E-state index in [-0.39, 0.29) is 6.04 Å². The van der Waals surface area contributed by atoms with Crippen molar-refractivity contribution >= 4 is 21.4 Å². The highest BCUT2D eigenvalue weighted by Crippen LogP contribution is 2.29. The topological polar surface area (TPSA) is 88.3 Å². The normalized spacial score (nSPS) is 23.4. The lowest BCUT2D eigenvalue weighted by molar-refractivity contribution is 0.239. The van der Waals surface area contributed by atoms with Crippen LogP contribution in [0.3, 0.4) is 0 Å². The van der Waals surface area contributed by atoms with Crippen LogP contribution in [0.25, 0.3) is 0 Å². The molecule has 8 heteroatoms. The summed E-state index contributed by atoms with van der Waals surface area (Å²) < 4.78 is 24.8. The Bertz CT molecular complexity index is 489. The van der Waals surface area contributed by atoms with Crippen molar-refractivity contribution in [2.75, 3.05) is 19.3 Å². The molecule has 0 saturated carbocycles. The highest BCUT2D eigenvalue weighted by molar-refractivity contribution is 7.88. The monoisotopic (exact) mass is 304 g/mol. The largest absolute Gasteiger partial charge is 0.271 e. The number of thiazole rings is 1. The first-order valence-corrected chi connectivity index (χ1v) is 9.03. The van der Waals surface area contributed by atoms with Crippen molar-refractivity contribution in [3.8, 4) is 0 Å². The molecule has 1 fully saturated rings. The summed E-state index contributed by atoms with van der Waals surface area (Å²) in [6, 6.07) is 0.0528. The molecule has 0 radical (unpaired) electrons. The SMILES string of the molecule is CS(=O)(=O)N1CCCC(CC(NN)c2cncs2)C1. The summed E-state index contributed by atoms with van der Waals surface area (Å²) in [6.07, 6.45) is 5.88. The predicted molar refractivity (Wildman–Crippen MR) is 75.9 cm³/mol. The molecule has 0 aromatic carbocycles. The first-order valence-electron chi connectivity index (χ1n) is 6.30. The summed E-state index contributed by atoms with van der Waals surface area (Å²) in [5.74, 6) is 5.94. The predicted octanol–water partition coefficient (Wildman–Crippen LogP) is 0.709. The highest BCUT2D eigenvalue weighted by atomic mass is 32.2. The van der Waals surface area contributed by atoms with Crippen LogP contribution in [0.4, 0.5) is 0 Å². The van der Waals surface area contributed by atoms with Crippen molar-refractivity contribution in [3.05, 3.63) is 16.6 Å². The second-order valence-corrected chi connectivity index (χ2v) is 7.89. The maximum Gasteiger partial charge on any atom is 0.211 e. The smallest absolute Gasteiger partial charge is 0.211 e. The second-order valence-electron chi connectivity index (χ2n) is 4.99. The molecule has 2 rings (SSSR count). The summed E-state index contributed by atoms with van der Waals surface area (Å²) in [5.41, 5.74) is 4.59. The Balaban J connectivity index is 1.98. The van der Waals surface area contributed by atoms with Gasteiger partial charge in [0.2, 0.25) is 10.0 Å². The van der Waals surface area contributed by atoms with Crippen molar-refractivity contribution in [1.82, 2.24) is 14.7 Å². The fourth-order valence-electron chi connectivity index (χ4n) is 2.52. The van der Waals surface area contributed by atoms with Crippen molar-refractivity contribution in [1.29, 1.82) is 0 Å². The molecule has 1 aliphatic heterocycles. The molecule has 3 N–H and O–H groups in total. The van der Waals surface area contributed by atoms with Crippen molar-refractivity contribution in [2.45, 2.75) is 25.3 Å². The van der Waals surface area contributed by atoms with Crippen LogP contribution in [0.15, 0.2) is 11.7 Å². The molecule has 0 amide bonds. The van der Waals surface area contributed by atoms with E-state index in [0.717, 1.165) is 24.1 Å². The summed E-state index contributed by atoms with van der Waals surface area (Å²) >= 11 is 1.57. The molecular formula is C11H20N4O2S2. The maximum absolute atomic E-state index is 11.6. The van der Waals surface area contributed by atoms with Gasteiger partial charge < -0.3 is 0 Å². The van der Waals surface area contributed by atoms with Gasteiger partial charge in [-0.15, -0.1) is 11.3 Å². The Kier molecular flexibility index (Phi) is 4.91. The number of hydrazine groups is 1. The van der Waals surface area contributed by atoms with Crippen molar-refractivity contribution in [2.24, 2.45) is 11.8 Å². The van der Waals surface area contributed by atoms with Gasteiger partial charge in [-0.05, 0) is 25.2 Å². The summed E-state index contributed by atoms with van der Waals surface area (Å²) in [6.45, 7) is 1.23. The lowest BCUT2D eigenvalue weighted by Gasteiger charge is -2.32. The minimum Gasteiger partial charge on any atom is -0.271 e. The van der Waals surface area contributed by atoms with Crippen LogP contribution in [-0.4, -0.2) is 37.1 Å². The number of sulfonamides is 1. The molecule has 1 saturated heterocycles. The number of nitrogens with zero attached hydrogens (tertiary/aromatic N) is 2. The minimum atomic E-state index is -3.08. The zero-order valence-corrected chi connectivity index (χ0v) is 12.6. The highest BCUT2D eigenvalue weighted by Gasteiger charge is 2.28. The van der Waals surface area contributed by atoms with Gasteiger partial charge in [-0.3, -0.25) is 16.3 Å². The zero-order chi connectivity index (χ0) is 13.9. The Morgan fingerprint density at radius 3 is 3.05 bits per heavy atom. The molecule has 2 heterocycles. The Morgan fingerprint density at radius 2 is 2.47 bits per heavy atom. The van der Waals surface area contributed by atoms with E-state index in [2.05, 4.69) is 10.4 Å². The average Bonchev–Trinajstić information content (AvgIpc) is 2.89. The van der Waals surface area contributed by atoms with Gasteiger partial charge in [0, 0.05) is 24.2 Å². The van der Waals surface area contributed by atoms with Crippen molar-refractivity contribution in [3.63, 3.8) is 0 Å². The quantitative estimate of drug-likeness (QED) is 0.618.